The van der Waals surface area contributed by atoms with Crippen LogP contribution in [0.4, 0.5) is 11.4 Å². The van der Waals surface area contributed by atoms with Crippen molar-refractivity contribution in [2.45, 2.75) is 45.6 Å². The molecule has 1 amide bonds. The summed E-state index contributed by atoms with van der Waals surface area (Å²) in [5, 5.41) is 2.80. The largest absolute Gasteiger partial charge is 0.324 e. The molecule has 1 aromatic carbocycles. The molecule has 0 bridgehead atoms. The molecule has 1 fully saturated rings. The van der Waals surface area contributed by atoms with E-state index in [1.165, 1.54) is 4.31 Å². The van der Waals surface area contributed by atoms with E-state index in [1.54, 1.807) is 19.1 Å². The van der Waals surface area contributed by atoms with Crippen molar-refractivity contribution in [1.82, 2.24) is 0 Å². The third kappa shape index (κ3) is 4.40. The van der Waals surface area contributed by atoms with Gasteiger partial charge >= 0.3 is 0 Å². The SMILES string of the molecule is CCCC(C)(N)C(=O)Nc1ccc(C)c(N2CCCS2(=O)=O)c1.Cl. The Labute approximate surface area is 150 Å². The van der Waals surface area contributed by atoms with Crippen LogP contribution in [0.2, 0.25) is 0 Å². The molecule has 2 rings (SSSR count). The summed E-state index contributed by atoms with van der Waals surface area (Å²) in [4.78, 5) is 12.3. The first-order valence-electron chi connectivity index (χ1n) is 7.89. The summed E-state index contributed by atoms with van der Waals surface area (Å²) in [5.41, 5.74) is 7.13. The molecular weight excluding hydrogens is 350 g/mol. The summed E-state index contributed by atoms with van der Waals surface area (Å²) >= 11 is 0. The Morgan fingerprint density at radius 1 is 1.42 bits per heavy atom. The topological polar surface area (TPSA) is 92.5 Å². The van der Waals surface area contributed by atoms with Crippen molar-refractivity contribution < 1.29 is 13.2 Å². The molecule has 3 N–H and O–H groups in total. The number of hydrogen-bond acceptors (Lipinski definition) is 4. The first kappa shape index (κ1) is 20.7. The first-order valence-corrected chi connectivity index (χ1v) is 9.50. The molecule has 0 aromatic heterocycles. The number of nitrogens with two attached hydrogens (primary N) is 1. The maximum absolute atomic E-state index is 12.3. The van der Waals surface area contributed by atoms with Crippen LogP contribution in [-0.4, -0.2) is 32.2 Å². The number of hydrogen-bond donors (Lipinski definition) is 2. The van der Waals surface area contributed by atoms with Crippen LogP contribution in [0.25, 0.3) is 0 Å². The van der Waals surface area contributed by atoms with E-state index in [4.69, 9.17) is 5.73 Å². The highest BCUT2D eigenvalue weighted by Gasteiger charge is 2.30. The van der Waals surface area contributed by atoms with Gasteiger partial charge in [0.15, 0.2) is 0 Å². The third-order valence-corrected chi connectivity index (χ3v) is 5.98. The summed E-state index contributed by atoms with van der Waals surface area (Å²) in [6.45, 7) is 6.01. The summed E-state index contributed by atoms with van der Waals surface area (Å²) in [6, 6.07) is 5.28. The fourth-order valence-corrected chi connectivity index (χ4v) is 4.39. The van der Waals surface area contributed by atoms with Gasteiger partial charge in [-0.05, 0) is 44.4 Å². The Kier molecular flexibility index (Phi) is 6.67. The number of anilines is 2. The highest BCUT2D eigenvalue weighted by atomic mass is 35.5. The quantitative estimate of drug-likeness (QED) is 0.826. The van der Waals surface area contributed by atoms with Crippen molar-refractivity contribution in [1.29, 1.82) is 0 Å². The van der Waals surface area contributed by atoms with Crippen LogP contribution in [0, 0.1) is 6.92 Å². The Balaban J connectivity index is 0.00000288. The van der Waals surface area contributed by atoms with E-state index in [9.17, 15) is 13.2 Å². The van der Waals surface area contributed by atoms with Gasteiger partial charge in [0.25, 0.3) is 0 Å². The normalized spacial score (nSPS) is 18.6. The van der Waals surface area contributed by atoms with E-state index < -0.39 is 15.6 Å². The number of nitrogens with zero attached hydrogens (tertiary/aromatic N) is 1. The predicted molar refractivity (Wildman–Crippen MR) is 100 cm³/mol. The van der Waals surface area contributed by atoms with E-state index in [-0.39, 0.29) is 24.1 Å². The number of rotatable bonds is 5. The van der Waals surface area contributed by atoms with Crippen LogP contribution in [0.1, 0.15) is 38.7 Å². The average molecular weight is 376 g/mol. The van der Waals surface area contributed by atoms with Crippen molar-refractivity contribution in [3.05, 3.63) is 23.8 Å². The number of carbonyl (C=O) groups excluding carboxylic acids is 1. The lowest BCUT2D eigenvalue weighted by Crippen LogP contribution is -2.48. The van der Waals surface area contributed by atoms with Gasteiger partial charge in [-0.15, -0.1) is 12.4 Å². The molecule has 0 spiro atoms. The van der Waals surface area contributed by atoms with E-state index in [0.29, 0.717) is 30.8 Å². The van der Waals surface area contributed by atoms with E-state index in [0.717, 1.165) is 12.0 Å². The maximum atomic E-state index is 12.3. The molecule has 1 aliphatic rings. The van der Waals surface area contributed by atoms with Crippen LogP contribution in [0.5, 0.6) is 0 Å². The molecule has 8 heteroatoms. The number of amides is 1. The second-order valence-electron chi connectivity index (χ2n) is 6.36. The van der Waals surface area contributed by atoms with Gasteiger partial charge in [-0.1, -0.05) is 19.4 Å². The van der Waals surface area contributed by atoms with Gasteiger partial charge in [0, 0.05) is 12.2 Å². The molecule has 0 saturated carbocycles. The van der Waals surface area contributed by atoms with Crippen LogP contribution in [0.15, 0.2) is 18.2 Å². The molecule has 0 radical (unpaired) electrons. The minimum Gasteiger partial charge on any atom is -0.324 e. The maximum Gasteiger partial charge on any atom is 0.244 e. The standard InChI is InChI=1S/C16H25N3O3S.ClH/c1-4-8-16(3,17)15(20)18-13-7-6-12(2)14(11-13)19-9-5-10-23(19,21)22;/h6-7,11H,4-5,8-10,17H2,1-3H3,(H,18,20);1H. The summed E-state index contributed by atoms with van der Waals surface area (Å²) in [5.74, 6) is -0.0983. The number of aryl methyl sites for hydroxylation is 1. The Morgan fingerprint density at radius 3 is 2.62 bits per heavy atom. The van der Waals surface area contributed by atoms with E-state index in [1.807, 2.05) is 19.9 Å². The smallest absolute Gasteiger partial charge is 0.244 e. The molecular formula is C16H26ClN3O3S. The van der Waals surface area contributed by atoms with E-state index in [2.05, 4.69) is 5.32 Å². The zero-order chi connectivity index (χ0) is 17.3. The zero-order valence-corrected chi connectivity index (χ0v) is 16.0. The molecule has 6 nitrogen and oxygen atoms in total. The van der Waals surface area contributed by atoms with Crippen LogP contribution in [0.3, 0.4) is 0 Å². The Hall–Kier alpha value is -1.31. The number of nitrogens with one attached hydrogen (secondary N) is 1. The molecule has 1 atom stereocenters. The van der Waals surface area contributed by atoms with Gasteiger partial charge in [0.1, 0.15) is 0 Å². The third-order valence-electron chi connectivity index (χ3n) is 4.12. The minimum atomic E-state index is -3.25. The second-order valence-corrected chi connectivity index (χ2v) is 8.38. The molecule has 1 unspecified atom stereocenters. The number of sulfonamides is 1. The van der Waals surface area contributed by atoms with Gasteiger partial charge in [0.05, 0.1) is 17.0 Å². The van der Waals surface area contributed by atoms with Crippen molar-refractivity contribution in [2.24, 2.45) is 5.73 Å². The fraction of sp³-hybridized carbons (Fsp3) is 0.562. The Morgan fingerprint density at radius 2 is 2.08 bits per heavy atom. The van der Waals surface area contributed by atoms with Crippen molar-refractivity contribution in [2.75, 3.05) is 21.9 Å². The fourth-order valence-electron chi connectivity index (χ4n) is 2.77. The summed E-state index contributed by atoms with van der Waals surface area (Å²) in [6.07, 6.45) is 2.01. The van der Waals surface area contributed by atoms with Gasteiger partial charge in [-0.2, -0.15) is 0 Å². The van der Waals surface area contributed by atoms with Crippen LogP contribution in [-0.2, 0) is 14.8 Å². The van der Waals surface area contributed by atoms with Gasteiger partial charge in [0.2, 0.25) is 15.9 Å². The molecule has 136 valence electrons. The van der Waals surface area contributed by atoms with Gasteiger partial charge < -0.3 is 11.1 Å². The first-order chi connectivity index (χ1) is 10.7. The second kappa shape index (κ2) is 7.72. The Bertz CT molecular complexity index is 705. The van der Waals surface area contributed by atoms with Gasteiger partial charge in [-0.25, -0.2) is 8.42 Å². The van der Waals surface area contributed by atoms with Crippen LogP contribution >= 0.6 is 12.4 Å². The molecule has 1 heterocycles. The number of benzene rings is 1. The number of carbonyl (C=O) groups is 1. The minimum absolute atomic E-state index is 0. The lowest BCUT2D eigenvalue weighted by molar-refractivity contribution is -0.120. The van der Waals surface area contributed by atoms with Crippen molar-refractivity contribution in [3.63, 3.8) is 0 Å². The molecule has 0 aliphatic carbocycles. The van der Waals surface area contributed by atoms with Crippen molar-refractivity contribution >= 4 is 39.7 Å². The predicted octanol–water partition coefficient (Wildman–Crippen LogP) is 2.41. The molecule has 24 heavy (non-hydrogen) atoms. The molecule has 1 aliphatic heterocycles. The zero-order valence-electron chi connectivity index (χ0n) is 14.3. The van der Waals surface area contributed by atoms with E-state index >= 15 is 0 Å². The highest BCUT2D eigenvalue weighted by Crippen LogP contribution is 2.30. The summed E-state index contributed by atoms with van der Waals surface area (Å²) < 4.78 is 25.6. The van der Waals surface area contributed by atoms with Gasteiger partial charge in [-0.3, -0.25) is 9.10 Å². The molecule has 1 saturated heterocycles. The number of halogens is 1. The monoisotopic (exact) mass is 375 g/mol. The highest BCUT2D eigenvalue weighted by molar-refractivity contribution is 7.93. The lowest BCUT2D eigenvalue weighted by atomic mass is 9.96. The molecule has 1 aromatic rings. The van der Waals surface area contributed by atoms with Crippen molar-refractivity contribution in [3.8, 4) is 0 Å². The summed E-state index contributed by atoms with van der Waals surface area (Å²) in [7, 11) is -3.25. The lowest BCUT2D eigenvalue weighted by Gasteiger charge is -2.24. The average Bonchev–Trinajstić information content (AvgIpc) is 2.80. The van der Waals surface area contributed by atoms with Crippen LogP contribution < -0.4 is 15.4 Å².